The van der Waals surface area contributed by atoms with Crippen molar-refractivity contribution in [3.63, 3.8) is 0 Å². The van der Waals surface area contributed by atoms with Crippen LogP contribution in [0.3, 0.4) is 0 Å². The van der Waals surface area contributed by atoms with Gasteiger partial charge in [-0.15, -0.1) is 35.3 Å². The van der Waals surface area contributed by atoms with Crippen LogP contribution in [0, 0.1) is 13.8 Å². The van der Waals surface area contributed by atoms with Gasteiger partial charge >= 0.3 is 0 Å². The van der Waals surface area contributed by atoms with Crippen molar-refractivity contribution in [2.75, 3.05) is 44.8 Å². The number of ether oxygens (including phenoxy) is 1. The van der Waals surface area contributed by atoms with Gasteiger partial charge in [0.05, 0.1) is 23.9 Å². The highest BCUT2D eigenvalue weighted by molar-refractivity contribution is 14.0. The van der Waals surface area contributed by atoms with Crippen LogP contribution >= 0.6 is 35.3 Å². The van der Waals surface area contributed by atoms with Gasteiger partial charge in [0.25, 0.3) is 0 Å². The molecule has 0 saturated carbocycles. The molecule has 1 aliphatic heterocycles. The van der Waals surface area contributed by atoms with Gasteiger partial charge in [-0.3, -0.25) is 4.99 Å². The van der Waals surface area contributed by atoms with E-state index in [4.69, 9.17) is 4.74 Å². The maximum atomic E-state index is 5.48. The van der Waals surface area contributed by atoms with Crippen LogP contribution in [0.15, 0.2) is 29.3 Å². The first kappa shape index (κ1) is 22.9. The Morgan fingerprint density at radius 3 is 2.64 bits per heavy atom. The molecule has 1 aromatic heterocycles. The lowest BCUT2D eigenvalue weighted by Gasteiger charge is -2.30. The summed E-state index contributed by atoms with van der Waals surface area (Å²) >= 11 is 1.77. The number of nitrogens with zero attached hydrogens (tertiary/aromatic N) is 3. The molecule has 1 aliphatic rings. The summed E-state index contributed by atoms with van der Waals surface area (Å²) in [7, 11) is 1.81. The second-order valence-corrected chi connectivity index (χ2v) is 7.87. The molecule has 1 aromatic carbocycles. The zero-order valence-corrected chi connectivity index (χ0v) is 20.0. The number of guanidine groups is 1. The fourth-order valence-corrected chi connectivity index (χ4v) is 4.04. The van der Waals surface area contributed by atoms with Crippen molar-refractivity contribution >= 4 is 47.0 Å². The zero-order chi connectivity index (χ0) is 19.1. The van der Waals surface area contributed by atoms with Gasteiger partial charge in [-0.05, 0) is 25.5 Å². The number of aliphatic imine (C=N–C) groups is 1. The van der Waals surface area contributed by atoms with Crippen LogP contribution in [0.1, 0.15) is 21.1 Å². The third-order valence-electron chi connectivity index (χ3n) is 4.72. The van der Waals surface area contributed by atoms with Crippen molar-refractivity contribution in [1.29, 1.82) is 0 Å². The smallest absolute Gasteiger partial charge is 0.191 e. The number of hydrogen-bond acceptors (Lipinski definition) is 5. The Bertz CT molecular complexity index is 754. The highest BCUT2D eigenvalue weighted by Gasteiger charge is 2.14. The topological polar surface area (TPSA) is 61.8 Å². The molecule has 1 fully saturated rings. The molecule has 0 amide bonds. The van der Waals surface area contributed by atoms with E-state index in [1.54, 1.807) is 18.4 Å². The largest absolute Gasteiger partial charge is 0.378 e. The van der Waals surface area contributed by atoms with Gasteiger partial charge in [0.2, 0.25) is 0 Å². The van der Waals surface area contributed by atoms with Gasteiger partial charge in [0.15, 0.2) is 5.96 Å². The van der Waals surface area contributed by atoms with Crippen molar-refractivity contribution in [2.24, 2.45) is 4.99 Å². The summed E-state index contributed by atoms with van der Waals surface area (Å²) in [5.74, 6) is 0.816. The van der Waals surface area contributed by atoms with Gasteiger partial charge < -0.3 is 20.3 Å². The molecule has 0 aliphatic carbocycles. The third-order valence-corrected chi connectivity index (χ3v) is 5.85. The number of rotatable bonds is 6. The molecule has 0 bridgehead atoms. The summed E-state index contributed by atoms with van der Waals surface area (Å²) < 4.78 is 5.48. The minimum atomic E-state index is 0. The van der Waals surface area contributed by atoms with E-state index in [0.717, 1.165) is 57.5 Å². The van der Waals surface area contributed by atoms with E-state index in [1.165, 1.54) is 21.1 Å². The lowest BCUT2D eigenvalue weighted by Crippen LogP contribution is -2.39. The molecule has 1 saturated heterocycles. The van der Waals surface area contributed by atoms with Crippen LogP contribution in [0.2, 0.25) is 0 Å². The predicted octanol–water partition coefficient (Wildman–Crippen LogP) is 3.12. The SMILES string of the molecule is CN=C(NCCc1nc(C)c(C)s1)NCc1ccccc1N1CCOCC1.I. The van der Waals surface area contributed by atoms with Crippen LogP contribution in [-0.4, -0.2) is 50.8 Å². The molecule has 0 atom stereocenters. The molecule has 2 aromatic rings. The number of benzene rings is 1. The number of thiazole rings is 1. The summed E-state index contributed by atoms with van der Waals surface area (Å²) in [6.07, 6.45) is 0.907. The van der Waals surface area contributed by atoms with Crippen molar-refractivity contribution in [1.82, 2.24) is 15.6 Å². The van der Waals surface area contributed by atoms with E-state index < -0.39 is 0 Å². The van der Waals surface area contributed by atoms with Crippen LogP contribution in [-0.2, 0) is 17.7 Å². The second kappa shape index (κ2) is 11.6. The van der Waals surface area contributed by atoms with E-state index in [9.17, 15) is 0 Å². The monoisotopic (exact) mass is 515 g/mol. The number of aryl methyl sites for hydroxylation is 2. The molecule has 2 N–H and O–H groups in total. The van der Waals surface area contributed by atoms with Gasteiger partial charge in [-0.25, -0.2) is 4.98 Å². The Kier molecular flexibility index (Phi) is 9.46. The van der Waals surface area contributed by atoms with E-state index in [2.05, 4.69) is 63.6 Å². The molecule has 0 radical (unpaired) electrons. The maximum absolute atomic E-state index is 5.48. The summed E-state index contributed by atoms with van der Waals surface area (Å²) in [4.78, 5) is 12.6. The first-order valence-electron chi connectivity index (χ1n) is 9.45. The number of aromatic nitrogens is 1. The molecule has 6 nitrogen and oxygen atoms in total. The second-order valence-electron chi connectivity index (χ2n) is 6.58. The van der Waals surface area contributed by atoms with E-state index in [1.807, 2.05) is 0 Å². The molecule has 3 rings (SSSR count). The van der Waals surface area contributed by atoms with Crippen molar-refractivity contribution in [2.45, 2.75) is 26.8 Å². The molecular weight excluding hydrogens is 485 g/mol. The fourth-order valence-electron chi connectivity index (χ4n) is 3.11. The number of morpholine rings is 1. The number of halogens is 1. The van der Waals surface area contributed by atoms with E-state index in [-0.39, 0.29) is 24.0 Å². The van der Waals surface area contributed by atoms with Crippen LogP contribution in [0.5, 0.6) is 0 Å². The Labute approximate surface area is 188 Å². The average Bonchev–Trinajstić information content (AvgIpc) is 3.03. The van der Waals surface area contributed by atoms with E-state index in [0.29, 0.717) is 0 Å². The molecule has 8 heteroatoms. The first-order valence-corrected chi connectivity index (χ1v) is 10.3. The minimum Gasteiger partial charge on any atom is -0.378 e. The quantitative estimate of drug-likeness (QED) is 0.352. The molecule has 2 heterocycles. The van der Waals surface area contributed by atoms with Gasteiger partial charge in [0.1, 0.15) is 0 Å². The Morgan fingerprint density at radius 1 is 1.21 bits per heavy atom. The van der Waals surface area contributed by atoms with Crippen LogP contribution in [0.4, 0.5) is 5.69 Å². The normalized spacial score (nSPS) is 14.5. The molecule has 28 heavy (non-hydrogen) atoms. The molecule has 0 spiro atoms. The zero-order valence-electron chi connectivity index (χ0n) is 16.8. The van der Waals surface area contributed by atoms with E-state index >= 15 is 0 Å². The Balaban J connectivity index is 0.00000280. The molecule has 0 unspecified atom stereocenters. The number of para-hydroxylation sites is 1. The van der Waals surface area contributed by atoms with Crippen molar-refractivity contribution in [3.8, 4) is 0 Å². The Morgan fingerprint density at radius 2 is 1.96 bits per heavy atom. The summed E-state index contributed by atoms with van der Waals surface area (Å²) in [5.41, 5.74) is 3.68. The number of nitrogens with one attached hydrogen (secondary N) is 2. The number of hydrogen-bond donors (Lipinski definition) is 2. The predicted molar refractivity (Wildman–Crippen MR) is 128 cm³/mol. The van der Waals surface area contributed by atoms with Crippen LogP contribution in [0.25, 0.3) is 0 Å². The molecule has 154 valence electrons. The lowest BCUT2D eigenvalue weighted by molar-refractivity contribution is 0.122. The lowest BCUT2D eigenvalue weighted by atomic mass is 10.1. The summed E-state index contributed by atoms with van der Waals surface area (Å²) in [6, 6.07) is 8.54. The maximum Gasteiger partial charge on any atom is 0.191 e. The average molecular weight is 515 g/mol. The minimum absolute atomic E-state index is 0. The third kappa shape index (κ3) is 6.31. The highest BCUT2D eigenvalue weighted by atomic mass is 127. The van der Waals surface area contributed by atoms with Crippen LogP contribution < -0.4 is 15.5 Å². The summed E-state index contributed by atoms with van der Waals surface area (Å²) in [5, 5.41) is 7.99. The first-order chi connectivity index (χ1) is 13.2. The van der Waals surface area contributed by atoms with Gasteiger partial charge in [-0.1, -0.05) is 18.2 Å². The fraction of sp³-hybridized carbons (Fsp3) is 0.500. The van der Waals surface area contributed by atoms with Crippen molar-refractivity contribution in [3.05, 3.63) is 45.4 Å². The van der Waals surface area contributed by atoms with Crippen molar-refractivity contribution < 1.29 is 4.74 Å². The number of anilines is 1. The summed E-state index contributed by atoms with van der Waals surface area (Å²) in [6.45, 7) is 9.21. The Hall–Kier alpha value is -1.39. The van der Waals surface area contributed by atoms with Gasteiger partial charge in [0, 0.05) is 50.2 Å². The standard InChI is InChI=1S/C20H29N5OS.HI/c1-15-16(2)27-19(24-15)8-9-22-20(21-3)23-14-17-6-4-5-7-18(17)25-10-12-26-13-11-25;/h4-7H,8-14H2,1-3H3,(H2,21,22,23);1H. The highest BCUT2D eigenvalue weighted by Crippen LogP contribution is 2.21. The molecular formula is C20H30IN5OS. The van der Waals surface area contributed by atoms with Gasteiger partial charge in [-0.2, -0.15) is 0 Å².